The number of thiazole rings is 2. The summed E-state index contributed by atoms with van der Waals surface area (Å²) in [5.74, 6) is 0.835. The molecule has 21 heteroatoms. The highest BCUT2D eigenvalue weighted by atomic mass is 79.9. The van der Waals surface area contributed by atoms with Gasteiger partial charge in [0.15, 0.2) is 9.05 Å². The van der Waals surface area contributed by atoms with Gasteiger partial charge in [-0.1, -0.05) is 59.9 Å². The van der Waals surface area contributed by atoms with Crippen LogP contribution in [0.15, 0.2) is 113 Å². The molecular weight excluding hydrogens is 1060 g/mol. The number of piperidine rings is 2. The molecule has 0 atom stereocenters. The number of rotatable bonds is 7. The molecule has 2 fully saturated rings. The molecule has 10 rings (SSSR count). The van der Waals surface area contributed by atoms with Gasteiger partial charge in [-0.25, -0.2) is 19.6 Å². The zero-order valence-electron chi connectivity index (χ0n) is 39.9. The third kappa shape index (κ3) is 13.5. The number of benzene rings is 4. The van der Waals surface area contributed by atoms with E-state index in [1.165, 1.54) is 67.4 Å². The van der Waals surface area contributed by atoms with Crippen LogP contribution in [0.1, 0.15) is 80.1 Å². The number of hydrogen-bond donors (Lipinski definition) is 1. The molecule has 0 radical (unpaired) electrons. The number of hydrogen-bond acceptors (Lipinski definition) is 14. The number of alkyl halides is 6. The van der Waals surface area contributed by atoms with Gasteiger partial charge in [0.2, 0.25) is 0 Å². The molecule has 4 aliphatic rings. The summed E-state index contributed by atoms with van der Waals surface area (Å²) in [6.45, 7) is 5.52. The average Bonchev–Trinajstić information content (AvgIpc) is 4.01. The molecule has 4 aromatic carbocycles. The number of ether oxygens (including phenoxy) is 4. The minimum atomic E-state index is -4.37. The standard InChI is InChI=1S/C26H26F3N3O3S.C21H23F3N2O.C5H4BrNO2S/c1-34-23(33)22-16-30-24(36-22)31-12-9-25(10-13-31)11-14-32(20-7-2-3-8-21(20)35-25)17-18-5-4-6-19(15-18)26(27,28)29;22-21(23,24)17-5-3-4-16(14-17)15-26-13-10-20(8-11-25-12-9-20)27-19-7-2-1-6-18(19)26;1-9-4(8)3-2-7-5(6)10-3/h2-8,15-16H,9-14,17H2,1H3;1-7,14,25H,8-13,15H2;2H,1H3. The highest BCUT2D eigenvalue weighted by Gasteiger charge is 2.41. The fourth-order valence-corrected chi connectivity index (χ4v) is 11.4. The van der Waals surface area contributed by atoms with Gasteiger partial charge in [-0.2, -0.15) is 26.3 Å². The SMILES string of the molecule is COC(=O)c1cnc(Br)s1.COC(=O)c1cnc(N2CCC3(CC2)CCN(Cc2cccc(C(F)(F)F)c2)c2ccccc2O3)s1.FC(F)(F)c1cccc(CN2CCC3(CCNCC3)Oc3ccccc32)c1. The molecule has 2 spiro atoms. The van der Waals surface area contributed by atoms with Crippen molar-refractivity contribution in [3.05, 3.63) is 145 Å². The highest BCUT2D eigenvalue weighted by Crippen LogP contribution is 2.43. The third-order valence-corrected chi connectivity index (χ3v) is 15.7. The number of para-hydroxylation sites is 4. The maximum Gasteiger partial charge on any atom is 0.416 e. The molecule has 4 aliphatic heterocycles. The van der Waals surface area contributed by atoms with Gasteiger partial charge in [-0.05, 0) is 102 Å². The Morgan fingerprint density at radius 1 is 0.630 bits per heavy atom. The van der Waals surface area contributed by atoms with Crippen molar-refractivity contribution in [2.45, 2.75) is 75.2 Å². The number of anilines is 3. The molecule has 73 heavy (non-hydrogen) atoms. The molecule has 388 valence electrons. The summed E-state index contributed by atoms with van der Waals surface area (Å²) in [6.07, 6.45) is -0.643. The lowest BCUT2D eigenvalue weighted by atomic mass is 9.88. The van der Waals surface area contributed by atoms with E-state index in [1.54, 1.807) is 18.3 Å². The second-order valence-corrected chi connectivity index (χ2v) is 21.3. The normalized spacial score (nSPS) is 17.0. The van der Waals surface area contributed by atoms with Crippen LogP contribution in [0.5, 0.6) is 11.5 Å². The number of methoxy groups -OCH3 is 2. The number of nitrogens with one attached hydrogen (secondary N) is 1. The second-order valence-electron chi connectivity index (χ2n) is 17.9. The van der Waals surface area contributed by atoms with Crippen LogP contribution in [0.25, 0.3) is 0 Å². The summed E-state index contributed by atoms with van der Waals surface area (Å²) in [7, 11) is 2.69. The van der Waals surface area contributed by atoms with Gasteiger partial charge in [0, 0.05) is 65.0 Å². The summed E-state index contributed by atoms with van der Waals surface area (Å²) in [4.78, 5) is 38.1. The van der Waals surface area contributed by atoms with E-state index in [0.717, 1.165) is 111 Å². The van der Waals surface area contributed by atoms with Gasteiger partial charge in [-0.15, -0.1) is 11.3 Å². The molecule has 2 saturated heterocycles. The number of esters is 2. The molecule has 6 aromatic rings. The van der Waals surface area contributed by atoms with Crippen molar-refractivity contribution in [1.29, 1.82) is 0 Å². The van der Waals surface area contributed by atoms with Crippen molar-refractivity contribution in [3.63, 3.8) is 0 Å². The number of halogens is 7. The Morgan fingerprint density at radius 3 is 1.55 bits per heavy atom. The molecule has 12 nitrogen and oxygen atoms in total. The smallest absolute Gasteiger partial charge is 0.416 e. The lowest BCUT2D eigenvalue weighted by Crippen LogP contribution is -2.48. The molecule has 6 heterocycles. The molecule has 0 amide bonds. The van der Waals surface area contributed by atoms with E-state index in [1.807, 2.05) is 48.5 Å². The van der Waals surface area contributed by atoms with E-state index in [0.29, 0.717) is 44.4 Å². The quantitative estimate of drug-likeness (QED) is 0.121. The minimum Gasteiger partial charge on any atom is -0.485 e. The first-order chi connectivity index (χ1) is 34.9. The highest BCUT2D eigenvalue weighted by molar-refractivity contribution is 9.11. The number of aromatic nitrogens is 2. The van der Waals surface area contributed by atoms with E-state index in [9.17, 15) is 35.9 Å². The number of carbonyl (C=O) groups is 2. The summed E-state index contributed by atoms with van der Waals surface area (Å²) in [5.41, 5.74) is 1.29. The minimum absolute atomic E-state index is 0.191. The Labute approximate surface area is 435 Å². The fourth-order valence-electron chi connectivity index (χ4n) is 9.30. The predicted molar refractivity (Wildman–Crippen MR) is 272 cm³/mol. The van der Waals surface area contributed by atoms with Gasteiger partial charge in [0.05, 0.1) is 49.1 Å². The van der Waals surface area contributed by atoms with E-state index in [4.69, 9.17) is 14.2 Å². The van der Waals surface area contributed by atoms with Gasteiger partial charge in [0.25, 0.3) is 0 Å². The van der Waals surface area contributed by atoms with Gasteiger partial charge in [-0.3, -0.25) is 0 Å². The number of fused-ring (bicyclic) bond motifs is 2. The summed E-state index contributed by atoms with van der Waals surface area (Å²) < 4.78 is 102. The Morgan fingerprint density at radius 2 is 1.08 bits per heavy atom. The molecule has 0 aliphatic carbocycles. The second kappa shape index (κ2) is 23.1. The Kier molecular flexibility index (Phi) is 16.9. The lowest BCUT2D eigenvalue weighted by molar-refractivity contribution is -0.138. The Balaban J connectivity index is 0.000000168. The fraction of sp³-hybridized carbons (Fsp3) is 0.385. The van der Waals surface area contributed by atoms with E-state index >= 15 is 0 Å². The van der Waals surface area contributed by atoms with Crippen LogP contribution in [0.2, 0.25) is 0 Å². The van der Waals surface area contributed by atoms with E-state index < -0.39 is 29.4 Å². The van der Waals surface area contributed by atoms with Crippen molar-refractivity contribution in [3.8, 4) is 11.5 Å². The largest absolute Gasteiger partial charge is 0.485 e. The van der Waals surface area contributed by atoms with Gasteiger partial charge < -0.3 is 39.0 Å². The van der Waals surface area contributed by atoms with Crippen LogP contribution >= 0.6 is 38.6 Å². The van der Waals surface area contributed by atoms with Crippen molar-refractivity contribution < 1.29 is 54.9 Å². The number of nitrogens with zero attached hydrogens (tertiary/aromatic N) is 5. The molecule has 0 bridgehead atoms. The van der Waals surface area contributed by atoms with Crippen LogP contribution in [0.4, 0.5) is 42.8 Å². The topological polar surface area (TPSA) is 119 Å². The van der Waals surface area contributed by atoms with E-state index in [2.05, 4.69) is 50.7 Å². The Hall–Kier alpha value is -5.90. The Bertz CT molecular complexity index is 2830. The monoisotopic (exact) mass is 1110 g/mol. The first-order valence-electron chi connectivity index (χ1n) is 23.5. The average molecular weight is 1120 g/mol. The van der Waals surface area contributed by atoms with Crippen molar-refractivity contribution in [1.82, 2.24) is 15.3 Å². The van der Waals surface area contributed by atoms with Crippen molar-refractivity contribution in [2.75, 3.05) is 68.2 Å². The van der Waals surface area contributed by atoms with Gasteiger partial charge >= 0.3 is 24.3 Å². The third-order valence-electron chi connectivity index (χ3n) is 13.2. The van der Waals surface area contributed by atoms with Crippen LogP contribution in [0, 0.1) is 0 Å². The lowest BCUT2D eigenvalue weighted by Gasteiger charge is -2.41. The van der Waals surface area contributed by atoms with Crippen LogP contribution in [-0.4, -0.2) is 86.6 Å². The van der Waals surface area contributed by atoms with Crippen LogP contribution < -0.4 is 29.5 Å². The molecule has 2 aromatic heterocycles. The summed E-state index contributed by atoms with van der Waals surface area (Å²) >= 11 is 5.70. The first-order valence-corrected chi connectivity index (χ1v) is 26.0. The molecule has 0 unspecified atom stereocenters. The van der Waals surface area contributed by atoms with Crippen LogP contribution in [-0.2, 0) is 34.9 Å². The summed E-state index contributed by atoms with van der Waals surface area (Å²) in [5, 5.41) is 4.15. The first kappa shape index (κ1) is 53.4. The van der Waals surface area contributed by atoms with Gasteiger partial charge in [0.1, 0.15) is 32.5 Å². The maximum absolute atomic E-state index is 13.2. The van der Waals surface area contributed by atoms with Crippen molar-refractivity contribution >= 4 is 67.0 Å². The maximum atomic E-state index is 13.2. The zero-order chi connectivity index (χ0) is 51.8. The summed E-state index contributed by atoms with van der Waals surface area (Å²) in [6, 6.07) is 26.7. The zero-order valence-corrected chi connectivity index (χ0v) is 43.2. The molecule has 0 saturated carbocycles. The predicted octanol–water partition coefficient (Wildman–Crippen LogP) is 12.1. The van der Waals surface area contributed by atoms with Crippen LogP contribution in [0.3, 0.4) is 0 Å². The van der Waals surface area contributed by atoms with E-state index in [-0.39, 0.29) is 17.2 Å². The number of carbonyl (C=O) groups excluding carboxylic acids is 2. The van der Waals surface area contributed by atoms with Crippen molar-refractivity contribution in [2.24, 2.45) is 0 Å². The molecular formula is C52H53BrF6N6O6S2. The molecule has 1 N–H and O–H groups in total.